The molecule has 2 saturated carbocycles. The van der Waals surface area contributed by atoms with Crippen molar-refractivity contribution >= 4 is 0 Å². The van der Waals surface area contributed by atoms with Gasteiger partial charge in [0.25, 0.3) is 0 Å². The van der Waals surface area contributed by atoms with Crippen LogP contribution in [0.4, 0.5) is 0 Å². The first-order valence-corrected chi connectivity index (χ1v) is 5.69. The van der Waals surface area contributed by atoms with Crippen LogP contribution in [0.25, 0.3) is 0 Å². The Labute approximate surface area is 81.5 Å². The Morgan fingerprint density at radius 3 is 2.46 bits per heavy atom. The van der Waals surface area contributed by atoms with Crippen molar-refractivity contribution in [1.82, 2.24) is 0 Å². The van der Waals surface area contributed by atoms with Crippen molar-refractivity contribution < 1.29 is 5.11 Å². The summed E-state index contributed by atoms with van der Waals surface area (Å²) in [4.78, 5) is 0. The zero-order chi connectivity index (χ0) is 9.69. The van der Waals surface area contributed by atoms with Crippen molar-refractivity contribution in [3.05, 3.63) is 0 Å². The molecule has 3 atom stereocenters. The normalized spacial score (nSPS) is 47.1. The fourth-order valence-corrected chi connectivity index (χ4v) is 3.90. The maximum Gasteiger partial charge on any atom is 0.0470 e. The third-order valence-corrected chi connectivity index (χ3v) is 5.15. The average molecular weight is 182 g/mol. The standard InChI is InChI=1S/C12H22O/c1-4-9-5-6-12(7-9)10(8-13)11(12,2)3/h9-10,13H,4-8H2,1-3H3. The molecule has 76 valence electrons. The highest BCUT2D eigenvalue weighted by atomic mass is 16.3. The first-order valence-electron chi connectivity index (χ1n) is 5.69. The molecule has 1 nitrogen and oxygen atoms in total. The zero-order valence-electron chi connectivity index (χ0n) is 9.14. The fourth-order valence-electron chi connectivity index (χ4n) is 3.90. The first kappa shape index (κ1) is 9.51. The number of hydrogen-bond acceptors (Lipinski definition) is 1. The maximum absolute atomic E-state index is 9.33. The summed E-state index contributed by atoms with van der Waals surface area (Å²) < 4.78 is 0. The third-order valence-electron chi connectivity index (χ3n) is 5.15. The van der Waals surface area contributed by atoms with Gasteiger partial charge in [-0.1, -0.05) is 27.2 Å². The van der Waals surface area contributed by atoms with Gasteiger partial charge in [0.2, 0.25) is 0 Å². The summed E-state index contributed by atoms with van der Waals surface area (Å²) in [5.41, 5.74) is 0.952. The molecule has 0 aromatic rings. The quantitative estimate of drug-likeness (QED) is 0.696. The van der Waals surface area contributed by atoms with E-state index >= 15 is 0 Å². The van der Waals surface area contributed by atoms with Crippen LogP contribution in [0.5, 0.6) is 0 Å². The molecule has 13 heavy (non-hydrogen) atoms. The van der Waals surface area contributed by atoms with Crippen LogP contribution in [0.2, 0.25) is 0 Å². The molecule has 0 heterocycles. The number of hydrogen-bond donors (Lipinski definition) is 1. The second-order valence-electron chi connectivity index (χ2n) is 5.63. The molecule has 3 unspecified atom stereocenters. The Hall–Kier alpha value is -0.0400. The Morgan fingerprint density at radius 1 is 1.38 bits per heavy atom. The second kappa shape index (κ2) is 2.73. The average Bonchev–Trinajstić information content (AvgIpc) is 2.49. The van der Waals surface area contributed by atoms with E-state index in [9.17, 15) is 5.11 Å². The molecule has 2 aliphatic rings. The van der Waals surface area contributed by atoms with E-state index in [1.165, 1.54) is 25.7 Å². The molecule has 0 bridgehead atoms. The Balaban J connectivity index is 2.09. The summed E-state index contributed by atoms with van der Waals surface area (Å²) in [6, 6.07) is 0. The lowest BCUT2D eigenvalue weighted by Crippen LogP contribution is -2.04. The van der Waals surface area contributed by atoms with Crippen LogP contribution in [0.1, 0.15) is 46.5 Å². The van der Waals surface area contributed by atoms with Crippen LogP contribution >= 0.6 is 0 Å². The van der Waals surface area contributed by atoms with E-state index in [4.69, 9.17) is 0 Å². The van der Waals surface area contributed by atoms with Crippen LogP contribution in [0.3, 0.4) is 0 Å². The van der Waals surface area contributed by atoms with Gasteiger partial charge in [0.15, 0.2) is 0 Å². The SMILES string of the molecule is CCC1CCC2(C1)C(CO)C2(C)C. The van der Waals surface area contributed by atoms with Gasteiger partial charge in [0, 0.05) is 6.61 Å². The predicted molar refractivity (Wildman–Crippen MR) is 54.4 cm³/mol. The Kier molecular flexibility index (Phi) is 1.99. The molecular formula is C12H22O. The molecule has 1 spiro atoms. The minimum absolute atomic E-state index is 0.406. The lowest BCUT2D eigenvalue weighted by Gasteiger charge is -2.12. The number of rotatable bonds is 2. The monoisotopic (exact) mass is 182 g/mol. The third kappa shape index (κ3) is 1.03. The molecule has 0 aromatic heterocycles. The van der Waals surface area contributed by atoms with E-state index in [0.717, 1.165) is 5.92 Å². The van der Waals surface area contributed by atoms with Gasteiger partial charge in [-0.05, 0) is 41.9 Å². The highest BCUT2D eigenvalue weighted by molar-refractivity contribution is 5.19. The summed E-state index contributed by atoms with van der Waals surface area (Å²) in [5, 5.41) is 9.33. The summed E-state index contributed by atoms with van der Waals surface area (Å²) in [5.74, 6) is 1.53. The van der Waals surface area contributed by atoms with Crippen LogP contribution in [0, 0.1) is 22.7 Å². The molecule has 1 N–H and O–H groups in total. The van der Waals surface area contributed by atoms with E-state index in [0.29, 0.717) is 23.4 Å². The van der Waals surface area contributed by atoms with Crippen molar-refractivity contribution in [3.8, 4) is 0 Å². The van der Waals surface area contributed by atoms with Crippen molar-refractivity contribution in [2.75, 3.05) is 6.61 Å². The molecule has 0 radical (unpaired) electrons. The molecule has 0 amide bonds. The molecular weight excluding hydrogens is 160 g/mol. The Morgan fingerprint density at radius 2 is 2.08 bits per heavy atom. The number of aliphatic hydroxyl groups is 1. The van der Waals surface area contributed by atoms with Gasteiger partial charge in [-0.25, -0.2) is 0 Å². The smallest absolute Gasteiger partial charge is 0.0470 e. The summed E-state index contributed by atoms with van der Waals surface area (Å²) in [6.07, 6.45) is 5.47. The van der Waals surface area contributed by atoms with Gasteiger partial charge in [-0.2, -0.15) is 0 Å². The number of aliphatic hydroxyl groups excluding tert-OH is 1. The van der Waals surface area contributed by atoms with Gasteiger partial charge >= 0.3 is 0 Å². The molecule has 2 rings (SSSR count). The Bertz CT molecular complexity index is 209. The van der Waals surface area contributed by atoms with Crippen molar-refractivity contribution in [2.24, 2.45) is 22.7 Å². The van der Waals surface area contributed by atoms with Gasteiger partial charge in [0.1, 0.15) is 0 Å². The van der Waals surface area contributed by atoms with Gasteiger partial charge in [0.05, 0.1) is 0 Å². The summed E-state index contributed by atoms with van der Waals surface area (Å²) in [6.45, 7) is 7.38. The highest BCUT2D eigenvalue weighted by Gasteiger charge is 2.71. The largest absolute Gasteiger partial charge is 0.396 e. The highest BCUT2D eigenvalue weighted by Crippen LogP contribution is 2.76. The molecule has 0 saturated heterocycles. The fraction of sp³-hybridized carbons (Fsp3) is 1.00. The van der Waals surface area contributed by atoms with Crippen molar-refractivity contribution in [1.29, 1.82) is 0 Å². The molecule has 0 aromatic carbocycles. The summed E-state index contributed by atoms with van der Waals surface area (Å²) in [7, 11) is 0. The summed E-state index contributed by atoms with van der Waals surface area (Å²) >= 11 is 0. The van der Waals surface area contributed by atoms with Gasteiger partial charge in [-0.3, -0.25) is 0 Å². The molecule has 2 aliphatic carbocycles. The lowest BCUT2D eigenvalue weighted by molar-refractivity contribution is 0.245. The van der Waals surface area contributed by atoms with Crippen molar-refractivity contribution in [2.45, 2.75) is 46.5 Å². The van der Waals surface area contributed by atoms with E-state index in [1.54, 1.807) is 0 Å². The minimum atomic E-state index is 0.406. The van der Waals surface area contributed by atoms with Gasteiger partial charge < -0.3 is 5.11 Å². The minimum Gasteiger partial charge on any atom is -0.396 e. The van der Waals surface area contributed by atoms with Gasteiger partial charge in [-0.15, -0.1) is 0 Å². The van der Waals surface area contributed by atoms with Crippen LogP contribution in [0.15, 0.2) is 0 Å². The lowest BCUT2D eigenvalue weighted by atomic mass is 9.92. The topological polar surface area (TPSA) is 20.2 Å². The van der Waals surface area contributed by atoms with Crippen LogP contribution < -0.4 is 0 Å². The van der Waals surface area contributed by atoms with Crippen LogP contribution in [-0.2, 0) is 0 Å². The zero-order valence-corrected chi connectivity index (χ0v) is 9.14. The maximum atomic E-state index is 9.33. The van der Waals surface area contributed by atoms with Crippen LogP contribution in [-0.4, -0.2) is 11.7 Å². The van der Waals surface area contributed by atoms with E-state index in [1.807, 2.05) is 0 Å². The predicted octanol–water partition coefficient (Wildman–Crippen LogP) is 2.83. The second-order valence-corrected chi connectivity index (χ2v) is 5.63. The molecule has 2 fully saturated rings. The van der Waals surface area contributed by atoms with E-state index < -0.39 is 0 Å². The van der Waals surface area contributed by atoms with E-state index in [-0.39, 0.29) is 0 Å². The molecule has 1 heteroatoms. The first-order chi connectivity index (χ1) is 6.08. The molecule has 0 aliphatic heterocycles. The van der Waals surface area contributed by atoms with Crippen molar-refractivity contribution in [3.63, 3.8) is 0 Å². The van der Waals surface area contributed by atoms with E-state index in [2.05, 4.69) is 20.8 Å².